The summed E-state index contributed by atoms with van der Waals surface area (Å²) in [6, 6.07) is 6.54. The molecule has 1 aliphatic carbocycles. The molecule has 6 rings (SSSR count). The highest BCUT2D eigenvalue weighted by molar-refractivity contribution is 5.97. The summed E-state index contributed by atoms with van der Waals surface area (Å²) in [5.41, 5.74) is 5.86. The quantitative estimate of drug-likeness (QED) is 0.246. The third-order valence-electron chi connectivity index (χ3n) is 8.22. The Morgan fingerprint density at radius 1 is 0.872 bits per heavy atom. The van der Waals surface area contributed by atoms with Crippen molar-refractivity contribution in [2.75, 3.05) is 20.1 Å². The van der Waals surface area contributed by atoms with Crippen molar-refractivity contribution < 1.29 is 4.39 Å². The molecule has 4 aromatic rings. The van der Waals surface area contributed by atoms with E-state index < -0.39 is 0 Å². The Morgan fingerprint density at radius 3 is 2.49 bits per heavy atom. The standard InChI is InChI=1S/C24H23FN4.C9H19N/c1-16-3-2-4-17(6-5-16)11-18-13-27-24-22(14-28-29(24)15-18)20-9-10-26-23-8-7-19(25)12-21(20)23;1-10-8-6-4-2-3-5-7-9-10/h7-16H,2-6H2,1H3;2-9H2,1H3. The van der Waals surface area contributed by atoms with Crippen LogP contribution in [-0.4, -0.2) is 44.6 Å². The second-order valence-electron chi connectivity index (χ2n) is 11.5. The van der Waals surface area contributed by atoms with E-state index in [1.54, 1.807) is 18.5 Å². The molecule has 0 radical (unpaired) electrons. The van der Waals surface area contributed by atoms with Gasteiger partial charge in [0.05, 0.1) is 11.7 Å². The van der Waals surface area contributed by atoms with Crippen LogP contribution in [0, 0.1) is 11.7 Å². The third-order valence-corrected chi connectivity index (χ3v) is 8.22. The van der Waals surface area contributed by atoms with Gasteiger partial charge >= 0.3 is 0 Å². The van der Waals surface area contributed by atoms with Gasteiger partial charge in [-0.2, -0.15) is 5.10 Å². The van der Waals surface area contributed by atoms with E-state index in [1.165, 1.54) is 95.0 Å². The summed E-state index contributed by atoms with van der Waals surface area (Å²) in [7, 11) is 2.24. The van der Waals surface area contributed by atoms with Gasteiger partial charge in [0, 0.05) is 35.1 Å². The van der Waals surface area contributed by atoms with E-state index in [9.17, 15) is 4.39 Å². The maximum absolute atomic E-state index is 13.8. The summed E-state index contributed by atoms with van der Waals surface area (Å²) in [6.07, 6.45) is 24.6. The molecule has 1 aromatic carbocycles. The average molecular weight is 528 g/mol. The SMILES string of the molecule is CC1CCCC(=Cc2cnc3c(-c4ccnc5ccc(F)cc45)cnn3c2)CC1.CN1CCCCCCCC1. The lowest BCUT2D eigenvalue weighted by atomic mass is 10.0. The lowest BCUT2D eigenvalue weighted by Crippen LogP contribution is -2.20. The van der Waals surface area contributed by atoms with E-state index in [-0.39, 0.29) is 5.82 Å². The Bertz CT molecular complexity index is 1400. The van der Waals surface area contributed by atoms with E-state index in [1.807, 2.05) is 23.0 Å². The molecule has 4 heterocycles. The molecule has 3 aromatic heterocycles. The molecule has 0 bridgehead atoms. The zero-order valence-electron chi connectivity index (χ0n) is 23.6. The minimum Gasteiger partial charge on any atom is -0.306 e. The first-order valence-corrected chi connectivity index (χ1v) is 14.8. The highest BCUT2D eigenvalue weighted by Gasteiger charge is 2.14. The number of hydrogen-bond acceptors (Lipinski definition) is 4. The highest BCUT2D eigenvalue weighted by atomic mass is 19.1. The van der Waals surface area contributed by atoms with Crippen LogP contribution in [-0.2, 0) is 0 Å². The van der Waals surface area contributed by atoms with Crippen LogP contribution in [0.25, 0.3) is 33.8 Å². The number of halogens is 1. The van der Waals surface area contributed by atoms with Gasteiger partial charge < -0.3 is 4.90 Å². The zero-order chi connectivity index (χ0) is 27.0. The van der Waals surface area contributed by atoms with Crippen molar-refractivity contribution >= 4 is 22.6 Å². The van der Waals surface area contributed by atoms with Gasteiger partial charge in [0.2, 0.25) is 0 Å². The van der Waals surface area contributed by atoms with Gasteiger partial charge in [0.25, 0.3) is 0 Å². The fourth-order valence-corrected chi connectivity index (χ4v) is 5.85. The van der Waals surface area contributed by atoms with E-state index in [0.29, 0.717) is 0 Å². The Hall–Kier alpha value is -3.12. The van der Waals surface area contributed by atoms with Crippen molar-refractivity contribution in [1.82, 2.24) is 24.5 Å². The molecule has 2 aliphatic rings. The number of hydrogen-bond donors (Lipinski definition) is 0. The van der Waals surface area contributed by atoms with Gasteiger partial charge in [0.1, 0.15) is 5.82 Å². The van der Waals surface area contributed by atoms with Crippen molar-refractivity contribution in [3.05, 3.63) is 66.0 Å². The minimum absolute atomic E-state index is 0.275. The van der Waals surface area contributed by atoms with E-state index in [0.717, 1.165) is 45.6 Å². The summed E-state index contributed by atoms with van der Waals surface area (Å²) in [6.45, 7) is 4.98. The van der Waals surface area contributed by atoms with Gasteiger partial charge in [-0.1, -0.05) is 50.7 Å². The van der Waals surface area contributed by atoms with Crippen LogP contribution in [0.15, 0.2) is 54.6 Å². The summed E-state index contributed by atoms with van der Waals surface area (Å²) in [5.74, 6) is 0.540. The molecule has 6 heteroatoms. The molecule has 1 saturated heterocycles. The molecule has 39 heavy (non-hydrogen) atoms. The molecule has 1 saturated carbocycles. The number of pyridine rings is 1. The molecule has 0 N–H and O–H groups in total. The number of rotatable bonds is 2. The molecule has 206 valence electrons. The minimum atomic E-state index is -0.275. The number of allylic oxidation sites excluding steroid dienone is 1. The van der Waals surface area contributed by atoms with Crippen molar-refractivity contribution in [2.24, 2.45) is 5.92 Å². The predicted molar refractivity (Wildman–Crippen MR) is 159 cm³/mol. The Balaban J connectivity index is 0.000000261. The first-order chi connectivity index (χ1) is 19.1. The van der Waals surface area contributed by atoms with Crippen molar-refractivity contribution in [3.63, 3.8) is 0 Å². The molecular weight excluding hydrogens is 485 g/mol. The summed E-state index contributed by atoms with van der Waals surface area (Å²) >= 11 is 0. The number of benzene rings is 1. The van der Waals surface area contributed by atoms with Crippen LogP contribution in [0.4, 0.5) is 4.39 Å². The Kier molecular flexibility index (Phi) is 9.36. The smallest absolute Gasteiger partial charge is 0.162 e. The molecule has 1 unspecified atom stereocenters. The predicted octanol–water partition coefficient (Wildman–Crippen LogP) is 8.34. The van der Waals surface area contributed by atoms with Gasteiger partial charge in [-0.25, -0.2) is 13.9 Å². The third kappa shape index (κ3) is 7.30. The maximum Gasteiger partial charge on any atom is 0.162 e. The first kappa shape index (κ1) is 27.4. The van der Waals surface area contributed by atoms with Crippen LogP contribution >= 0.6 is 0 Å². The number of nitrogens with zero attached hydrogens (tertiary/aromatic N) is 5. The monoisotopic (exact) mass is 527 g/mol. The second kappa shape index (κ2) is 13.3. The lowest BCUT2D eigenvalue weighted by molar-refractivity contribution is 0.327. The van der Waals surface area contributed by atoms with E-state index in [2.05, 4.69) is 35.0 Å². The fraction of sp³-hybridized carbons (Fsp3) is 0.485. The molecule has 1 aliphatic heterocycles. The van der Waals surface area contributed by atoms with Crippen molar-refractivity contribution in [1.29, 1.82) is 0 Å². The van der Waals surface area contributed by atoms with Crippen LogP contribution in [0.2, 0.25) is 0 Å². The first-order valence-electron chi connectivity index (χ1n) is 14.8. The summed E-state index contributed by atoms with van der Waals surface area (Å²) in [5, 5.41) is 5.29. The Morgan fingerprint density at radius 2 is 1.67 bits per heavy atom. The topological polar surface area (TPSA) is 46.3 Å². The maximum atomic E-state index is 13.8. The highest BCUT2D eigenvalue weighted by Crippen LogP contribution is 2.31. The average Bonchev–Trinajstić information content (AvgIpc) is 3.30. The molecule has 2 fully saturated rings. The van der Waals surface area contributed by atoms with Crippen molar-refractivity contribution in [2.45, 2.75) is 77.6 Å². The van der Waals surface area contributed by atoms with Crippen LogP contribution < -0.4 is 0 Å². The van der Waals surface area contributed by atoms with Gasteiger partial charge in [-0.05, 0) is 94.4 Å². The van der Waals surface area contributed by atoms with Crippen LogP contribution in [0.1, 0.15) is 83.1 Å². The van der Waals surface area contributed by atoms with Crippen LogP contribution in [0.5, 0.6) is 0 Å². The van der Waals surface area contributed by atoms with Crippen molar-refractivity contribution in [3.8, 4) is 11.1 Å². The lowest BCUT2D eigenvalue weighted by Gasteiger charge is -2.13. The molecule has 5 nitrogen and oxygen atoms in total. The molecular formula is C33H42FN5. The number of aromatic nitrogens is 4. The summed E-state index contributed by atoms with van der Waals surface area (Å²) < 4.78 is 15.6. The normalized spacial score (nSPS) is 20.6. The van der Waals surface area contributed by atoms with E-state index in [4.69, 9.17) is 4.98 Å². The van der Waals surface area contributed by atoms with Gasteiger partial charge in [-0.3, -0.25) is 4.98 Å². The molecule has 0 spiro atoms. The largest absolute Gasteiger partial charge is 0.306 e. The number of fused-ring (bicyclic) bond motifs is 2. The Labute approximate surface area is 232 Å². The summed E-state index contributed by atoms with van der Waals surface area (Å²) in [4.78, 5) is 11.5. The van der Waals surface area contributed by atoms with Crippen LogP contribution in [0.3, 0.4) is 0 Å². The van der Waals surface area contributed by atoms with Gasteiger partial charge in [0.15, 0.2) is 5.65 Å². The zero-order valence-corrected chi connectivity index (χ0v) is 23.6. The molecule has 1 atom stereocenters. The molecule has 0 amide bonds. The fourth-order valence-electron chi connectivity index (χ4n) is 5.85. The second-order valence-corrected chi connectivity index (χ2v) is 11.5. The van der Waals surface area contributed by atoms with E-state index >= 15 is 0 Å². The van der Waals surface area contributed by atoms with Gasteiger partial charge in [-0.15, -0.1) is 0 Å².